The van der Waals surface area contributed by atoms with E-state index in [1.165, 1.54) is 6.82 Å². The molecule has 0 aliphatic rings. The number of carbonyl (C=O) groups is 1. The predicted octanol–water partition coefficient (Wildman–Crippen LogP) is -0.869. The van der Waals surface area contributed by atoms with Crippen LogP contribution < -0.4 is 17.2 Å². The van der Waals surface area contributed by atoms with Crippen LogP contribution in [0.2, 0.25) is 6.82 Å². The zero-order chi connectivity index (χ0) is 9.98. The molecule has 0 saturated carbocycles. The van der Waals surface area contributed by atoms with E-state index in [2.05, 4.69) is 7.85 Å². The fraction of sp³-hybridized carbons (Fsp3) is 0.857. The van der Waals surface area contributed by atoms with E-state index < -0.39 is 11.9 Å². The molecule has 5 heteroatoms. The van der Waals surface area contributed by atoms with Gasteiger partial charge in [0.05, 0.1) is 13.9 Å². The Morgan fingerprint density at radius 1 is 1.42 bits per heavy atom. The molecular weight excluding hydrogens is 153 g/mol. The van der Waals surface area contributed by atoms with E-state index >= 15 is 0 Å². The van der Waals surface area contributed by atoms with Crippen molar-refractivity contribution >= 4 is 13.8 Å². The first-order chi connectivity index (χ1) is 5.68. The Morgan fingerprint density at radius 2 is 1.92 bits per heavy atom. The van der Waals surface area contributed by atoms with Crippen LogP contribution in [0.4, 0.5) is 0 Å². The third-order valence-electron chi connectivity index (χ3n) is 1.33. The molecule has 0 aromatic rings. The number of amides is 1. The highest BCUT2D eigenvalue weighted by Crippen LogP contribution is 1.96. The molecule has 0 saturated heterocycles. The molecule has 0 fully saturated rings. The van der Waals surface area contributed by atoms with Gasteiger partial charge < -0.3 is 17.2 Å². The minimum Gasteiger partial charge on any atom is -0.368 e. The first-order valence-corrected chi connectivity index (χ1v) is 4.01. The highest BCUT2D eigenvalue weighted by molar-refractivity contribution is 6.05. The van der Waals surface area contributed by atoms with Crippen molar-refractivity contribution in [3.05, 3.63) is 0 Å². The minimum atomic E-state index is -0.494. The van der Waals surface area contributed by atoms with Crippen molar-refractivity contribution in [3.63, 3.8) is 0 Å². The van der Waals surface area contributed by atoms with E-state index in [0.717, 1.165) is 12.8 Å². The average molecular weight is 171 g/mol. The second-order valence-electron chi connectivity index (χ2n) is 2.29. The molecule has 0 bridgehead atoms. The van der Waals surface area contributed by atoms with Gasteiger partial charge in [-0.05, 0) is 19.4 Å². The molecule has 0 spiro atoms. The Kier molecular flexibility index (Phi) is 12.2. The van der Waals surface area contributed by atoms with Crippen molar-refractivity contribution in [2.45, 2.75) is 32.1 Å². The van der Waals surface area contributed by atoms with Crippen LogP contribution in [0, 0.1) is 0 Å². The molecule has 6 N–H and O–H groups in total. The number of rotatable bonds is 5. The zero-order valence-corrected chi connectivity index (χ0v) is 7.62. The quantitative estimate of drug-likeness (QED) is 0.370. The van der Waals surface area contributed by atoms with Gasteiger partial charge in [-0.1, -0.05) is 13.2 Å². The van der Waals surface area contributed by atoms with Crippen LogP contribution in [0.5, 0.6) is 0 Å². The summed E-state index contributed by atoms with van der Waals surface area (Å²) in [7, 11) is 4.50. The number of nitrogens with two attached hydrogens (primary N) is 3. The summed E-state index contributed by atoms with van der Waals surface area (Å²) < 4.78 is 0. The van der Waals surface area contributed by atoms with E-state index in [1.54, 1.807) is 0 Å². The highest BCUT2D eigenvalue weighted by atomic mass is 16.1. The number of primary amides is 1. The van der Waals surface area contributed by atoms with Gasteiger partial charge in [-0.25, -0.2) is 0 Å². The van der Waals surface area contributed by atoms with Crippen LogP contribution in [-0.2, 0) is 4.79 Å². The van der Waals surface area contributed by atoms with E-state index in [9.17, 15) is 4.79 Å². The molecule has 4 nitrogen and oxygen atoms in total. The van der Waals surface area contributed by atoms with E-state index in [0.29, 0.717) is 13.0 Å². The molecule has 0 heterocycles. The number of unbranched alkanes of at least 4 members (excludes halogenated alkanes) is 1. The lowest BCUT2D eigenvalue weighted by molar-refractivity contribution is -0.119. The second kappa shape index (κ2) is 10.5. The van der Waals surface area contributed by atoms with Crippen LogP contribution >= 0.6 is 0 Å². The lowest BCUT2D eigenvalue weighted by Gasteiger charge is -2.04. The molecule has 1 atom stereocenters. The molecular formula is C7H18BN3O. The van der Waals surface area contributed by atoms with Crippen LogP contribution in [0.1, 0.15) is 19.3 Å². The van der Waals surface area contributed by atoms with Gasteiger partial charge in [-0.15, -0.1) is 0 Å². The Bertz CT molecular complexity index is 111. The SMILES string of the molecule is NCCCC[C@H](N)C(N)=O.[B]C. The van der Waals surface area contributed by atoms with Gasteiger partial charge in [0.1, 0.15) is 0 Å². The van der Waals surface area contributed by atoms with Crippen molar-refractivity contribution in [2.75, 3.05) is 6.54 Å². The first kappa shape index (κ1) is 14.0. The van der Waals surface area contributed by atoms with Crippen molar-refractivity contribution in [1.29, 1.82) is 0 Å². The molecule has 0 rings (SSSR count). The molecule has 0 aromatic heterocycles. The van der Waals surface area contributed by atoms with Crippen LogP contribution in [0.15, 0.2) is 0 Å². The molecule has 12 heavy (non-hydrogen) atoms. The Labute approximate surface area is 75.3 Å². The lowest BCUT2D eigenvalue weighted by atomic mass is 10.1. The number of carbonyl (C=O) groups excluding carboxylic acids is 1. The fourth-order valence-electron chi connectivity index (χ4n) is 0.651. The van der Waals surface area contributed by atoms with E-state index in [1.807, 2.05) is 0 Å². The van der Waals surface area contributed by atoms with Crippen molar-refractivity contribution in [3.8, 4) is 0 Å². The number of hydrogen-bond acceptors (Lipinski definition) is 3. The van der Waals surface area contributed by atoms with Crippen molar-refractivity contribution in [1.82, 2.24) is 0 Å². The van der Waals surface area contributed by atoms with Gasteiger partial charge in [0.2, 0.25) is 5.91 Å². The summed E-state index contributed by atoms with van der Waals surface area (Å²) in [5.74, 6) is -0.433. The van der Waals surface area contributed by atoms with Gasteiger partial charge in [0.25, 0.3) is 0 Å². The predicted molar refractivity (Wildman–Crippen MR) is 51.7 cm³/mol. The Morgan fingerprint density at radius 3 is 2.25 bits per heavy atom. The van der Waals surface area contributed by atoms with Gasteiger partial charge in [0.15, 0.2) is 0 Å². The normalized spacial score (nSPS) is 11.2. The first-order valence-electron chi connectivity index (χ1n) is 4.01. The summed E-state index contributed by atoms with van der Waals surface area (Å²) in [5, 5.41) is 0. The Balaban J connectivity index is 0. The molecule has 0 aliphatic carbocycles. The lowest BCUT2D eigenvalue weighted by Crippen LogP contribution is -2.36. The summed E-state index contributed by atoms with van der Waals surface area (Å²) >= 11 is 0. The van der Waals surface area contributed by atoms with Crippen LogP contribution in [0.25, 0.3) is 0 Å². The van der Waals surface area contributed by atoms with Crippen LogP contribution in [-0.4, -0.2) is 26.3 Å². The standard InChI is InChI=1S/C6H15N3O.CH3B/c7-4-2-1-3-5(8)6(9)10;1-2/h5H,1-4,7-8H2,(H2,9,10);1H3/t5-;/m0./s1. The molecule has 0 aromatic carbocycles. The van der Waals surface area contributed by atoms with E-state index in [-0.39, 0.29) is 0 Å². The van der Waals surface area contributed by atoms with Crippen LogP contribution in [0.3, 0.4) is 0 Å². The van der Waals surface area contributed by atoms with Gasteiger partial charge in [0, 0.05) is 0 Å². The van der Waals surface area contributed by atoms with Gasteiger partial charge in [-0.2, -0.15) is 0 Å². The zero-order valence-electron chi connectivity index (χ0n) is 7.62. The number of hydrogen-bond donors (Lipinski definition) is 3. The molecule has 0 unspecified atom stereocenters. The molecule has 2 radical (unpaired) electrons. The monoisotopic (exact) mass is 171 g/mol. The van der Waals surface area contributed by atoms with Gasteiger partial charge in [-0.3, -0.25) is 4.79 Å². The fourth-order valence-corrected chi connectivity index (χ4v) is 0.651. The maximum Gasteiger partial charge on any atom is 0.234 e. The summed E-state index contributed by atoms with van der Waals surface area (Å²) in [6, 6.07) is -0.494. The molecule has 70 valence electrons. The summed E-state index contributed by atoms with van der Waals surface area (Å²) in [6.45, 7) is 2.14. The summed E-state index contributed by atoms with van der Waals surface area (Å²) in [4.78, 5) is 10.4. The minimum absolute atomic E-state index is 0.433. The van der Waals surface area contributed by atoms with E-state index in [4.69, 9.17) is 17.2 Å². The largest absolute Gasteiger partial charge is 0.368 e. The maximum atomic E-state index is 10.4. The smallest absolute Gasteiger partial charge is 0.234 e. The van der Waals surface area contributed by atoms with Crippen molar-refractivity contribution in [2.24, 2.45) is 17.2 Å². The third-order valence-corrected chi connectivity index (χ3v) is 1.33. The molecule has 0 aliphatic heterocycles. The third kappa shape index (κ3) is 9.45. The topological polar surface area (TPSA) is 95.1 Å². The molecule has 1 amide bonds. The highest BCUT2D eigenvalue weighted by Gasteiger charge is 2.06. The average Bonchev–Trinajstić information content (AvgIpc) is 2.08. The summed E-state index contributed by atoms with van der Waals surface area (Å²) in [5.41, 5.74) is 15.5. The van der Waals surface area contributed by atoms with Crippen molar-refractivity contribution < 1.29 is 4.79 Å². The maximum absolute atomic E-state index is 10.4. The van der Waals surface area contributed by atoms with Gasteiger partial charge >= 0.3 is 0 Å². The Hall–Kier alpha value is -0.545. The second-order valence-corrected chi connectivity index (χ2v) is 2.29. The summed E-state index contributed by atoms with van der Waals surface area (Å²) in [6.07, 6.45) is 2.42.